The van der Waals surface area contributed by atoms with Crippen molar-refractivity contribution in [2.45, 2.75) is 63.1 Å². The van der Waals surface area contributed by atoms with Crippen LogP contribution in [-0.4, -0.2) is 63.9 Å². The smallest absolute Gasteiger partial charge is 0.228 e. The van der Waals surface area contributed by atoms with Crippen LogP contribution in [0, 0.1) is 5.92 Å². The van der Waals surface area contributed by atoms with Gasteiger partial charge in [-0.05, 0) is 54.9 Å². The molecule has 1 aliphatic rings. The van der Waals surface area contributed by atoms with E-state index in [-0.39, 0.29) is 48.5 Å². The number of para-hydroxylation sites is 1. The van der Waals surface area contributed by atoms with E-state index in [1.54, 1.807) is 11.8 Å². The van der Waals surface area contributed by atoms with Crippen LogP contribution in [0.15, 0.2) is 85.2 Å². The van der Waals surface area contributed by atoms with Gasteiger partial charge in [-0.1, -0.05) is 60.7 Å². The molecule has 1 amide bonds. The Morgan fingerprint density at radius 1 is 1.13 bits per heavy atom. The van der Waals surface area contributed by atoms with Crippen molar-refractivity contribution < 1.29 is 24.2 Å². The van der Waals surface area contributed by atoms with Gasteiger partial charge >= 0.3 is 0 Å². The highest BCUT2D eigenvalue weighted by atomic mass is 28.4. The number of benzene rings is 3. The predicted molar refractivity (Wildman–Crippen MR) is 184 cm³/mol. The molecule has 246 valence electrons. The second kappa shape index (κ2) is 13.8. The molecule has 2 aromatic heterocycles. The lowest BCUT2D eigenvalue weighted by atomic mass is 9.86. The van der Waals surface area contributed by atoms with E-state index in [2.05, 4.69) is 27.5 Å². The minimum atomic E-state index is -2.73. The number of methoxy groups -OCH3 is 1. The first-order valence-electron chi connectivity index (χ1n) is 16.1. The first-order valence-corrected chi connectivity index (χ1v) is 19.1. The van der Waals surface area contributed by atoms with E-state index in [9.17, 15) is 14.7 Å². The van der Waals surface area contributed by atoms with Gasteiger partial charge in [0.15, 0.2) is 8.32 Å². The van der Waals surface area contributed by atoms with Crippen LogP contribution >= 0.6 is 0 Å². The second-order valence-electron chi connectivity index (χ2n) is 13.0. The molecule has 5 aromatic rings. The highest BCUT2D eigenvalue weighted by Gasteiger charge is 2.46. The number of rotatable bonds is 12. The lowest BCUT2D eigenvalue weighted by Crippen LogP contribution is -2.48. The third-order valence-electron chi connectivity index (χ3n) is 9.41. The Morgan fingerprint density at radius 3 is 2.64 bits per heavy atom. The molecule has 1 aliphatic heterocycles. The van der Waals surface area contributed by atoms with Crippen molar-refractivity contribution in [2.24, 2.45) is 5.92 Å². The molecule has 0 bridgehead atoms. The van der Waals surface area contributed by atoms with Gasteiger partial charge in [0, 0.05) is 59.7 Å². The molecule has 6 rings (SSSR count). The van der Waals surface area contributed by atoms with Crippen molar-refractivity contribution in [3.63, 3.8) is 0 Å². The van der Waals surface area contributed by atoms with Gasteiger partial charge in [0.25, 0.3) is 0 Å². The van der Waals surface area contributed by atoms with Crippen molar-refractivity contribution in [3.8, 4) is 5.75 Å². The fourth-order valence-corrected chi connectivity index (χ4v) is 8.95. The van der Waals surface area contributed by atoms with E-state index in [0.29, 0.717) is 30.1 Å². The van der Waals surface area contributed by atoms with Crippen LogP contribution in [-0.2, 0) is 22.5 Å². The quantitative estimate of drug-likeness (QED) is 0.125. The van der Waals surface area contributed by atoms with Gasteiger partial charge in [-0.15, -0.1) is 5.10 Å². The van der Waals surface area contributed by atoms with Crippen LogP contribution in [0.3, 0.4) is 0 Å². The fraction of sp³-hybridized carbons (Fsp3) is 0.361. The number of fused-ring (bicyclic) bond motifs is 2. The van der Waals surface area contributed by atoms with Crippen molar-refractivity contribution >= 4 is 30.8 Å². The first-order chi connectivity index (χ1) is 22.7. The molecule has 3 heterocycles. The molecule has 4 N–H and O–H groups in total. The maximum atomic E-state index is 13.0. The van der Waals surface area contributed by atoms with E-state index in [4.69, 9.17) is 9.47 Å². The number of ether oxygens (including phenoxy) is 2. The van der Waals surface area contributed by atoms with Gasteiger partial charge < -0.3 is 29.7 Å². The Morgan fingerprint density at radius 2 is 1.89 bits per heavy atom. The summed E-state index contributed by atoms with van der Waals surface area (Å²) < 4.78 is 14.5. The number of anilines is 1. The number of hydrogen-bond donors (Lipinski definition) is 4. The zero-order valence-corrected chi connectivity index (χ0v) is 28.3. The summed E-state index contributed by atoms with van der Waals surface area (Å²) in [7, 11) is -1.05. The summed E-state index contributed by atoms with van der Waals surface area (Å²) in [5.41, 5.74) is 5.05. The zero-order valence-electron chi connectivity index (χ0n) is 27.3. The molecular weight excluding hydrogens is 611 g/mol. The molecule has 3 aromatic carbocycles. The Labute approximate surface area is 275 Å². The first kappa shape index (κ1) is 32.6. The summed E-state index contributed by atoms with van der Waals surface area (Å²) in [6.07, 6.45) is 4.07. The Hall–Kier alpha value is -4.29. The van der Waals surface area contributed by atoms with Crippen LogP contribution in [0.25, 0.3) is 10.9 Å². The highest BCUT2D eigenvalue weighted by molar-refractivity contribution is 6.71. The monoisotopic (exact) mass is 653 g/mol. The highest BCUT2D eigenvalue weighted by Crippen LogP contribution is 2.47. The minimum Gasteiger partial charge on any atom is -0.490 e. The molecular formula is C36H43N5O5Si. The fourth-order valence-electron chi connectivity index (χ4n) is 6.94. The number of aromatic nitrogens is 4. The molecule has 0 saturated heterocycles. The largest absolute Gasteiger partial charge is 0.490 e. The van der Waals surface area contributed by atoms with Crippen molar-refractivity contribution in [2.75, 3.05) is 19.0 Å². The number of nitrogens with one attached hydrogen (secondary N) is 2. The van der Waals surface area contributed by atoms with Crippen molar-refractivity contribution in [1.29, 1.82) is 0 Å². The Bertz CT molecular complexity index is 1820. The third kappa shape index (κ3) is 7.03. The average Bonchev–Trinajstić information content (AvgIpc) is 3.69. The third-order valence-corrected chi connectivity index (χ3v) is 11.8. The lowest BCUT2D eigenvalue weighted by molar-refractivity contribution is -0.115. The van der Waals surface area contributed by atoms with Crippen LogP contribution in [0.1, 0.15) is 47.8 Å². The van der Waals surface area contributed by atoms with Gasteiger partial charge in [0.2, 0.25) is 5.91 Å². The molecule has 0 aliphatic carbocycles. The maximum absolute atomic E-state index is 13.0. The van der Waals surface area contributed by atoms with Crippen LogP contribution in [0.2, 0.25) is 18.6 Å². The number of aliphatic hydroxyl groups excluding tert-OH is 1. The predicted octanol–water partition coefficient (Wildman–Crippen LogP) is 5.81. The number of carbonyl (C=O) groups excluding carboxylic acids is 1. The molecule has 0 spiro atoms. The normalized spacial score (nSPS) is 19.1. The number of hydrogen-bond acceptors (Lipinski definition) is 7. The molecule has 0 radical (unpaired) electrons. The number of aromatic amines is 1. The van der Waals surface area contributed by atoms with E-state index in [1.807, 2.05) is 98.3 Å². The summed E-state index contributed by atoms with van der Waals surface area (Å²) in [6.45, 7) is 6.46. The molecule has 47 heavy (non-hydrogen) atoms. The number of amides is 1. The molecule has 5 atom stereocenters. The SMILES string of the molecule is CO[C@H]1c2cc(NC(=O)Cc3c[nH]c4ccccc34)ccc2O[C@@H](C(CCn2cc(C(CO)c3ccccc3)nn2)[Si](C)(C)O)[C@@H]1C. The van der Waals surface area contributed by atoms with Gasteiger partial charge in [0.05, 0.1) is 30.7 Å². The van der Waals surface area contributed by atoms with Crippen LogP contribution in [0.5, 0.6) is 5.75 Å². The van der Waals surface area contributed by atoms with Crippen molar-refractivity contribution in [3.05, 3.63) is 108 Å². The van der Waals surface area contributed by atoms with Crippen LogP contribution < -0.4 is 10.1 Å². The van der Waals surface area contributed by atoms with Gasteiger partial charge in [0.1, 0.15) is 11.9 Å². The summed E-state index contributed by atoms with van der Waals surface area (Å²) in [5, 5.41) is 22.9. The molecule has 11 heteroatoms. The standard InChI is InChI=1S/C36H43N5O5Si/c1-23-35(45-2)28-19-26(38-34(43)18-25-20-37-30-13-9-8-12-27(25)30)14-15-32(28)46-36(23)33(47(3,4)44)16-17-41-21-31(39-40-41)29(22-42)24-10-6-5-7-11-24/h5-15,19-21,23,29,33,35-37,42,44H,16-18,22H2,1-4H3,(H,38,43)/t23-,29?,33?,35-,36-/m1/s1. The summed E-state index contributed by atoms with van der Waals surface area (Å²) in [6, 6.07) is 23.4. The topological polar surface area (TPSA) is 135 Å². The Kier molecular flexibility index (Phi) is 9.60. The van der Waals surface area contributed by atoms with Gasteiger partial charge in [-0.3, -0.25) is 9.48 Å². The van der Waals surface area contributed by atoms with E-state index in [0.717, 1.165) is 27.6 Å². The molecule has 0 fully saturated rings. The number of aliphatic hydroxyl groups is 1. The molecule has 0 saturated carbocycles. The second-order valence-corrected chi connectivity index (χ2v) is 17.1. The van der Waals surface area contributed by atoms with E-state index in [1.165, 1.54) is 0 Å². The number of carbonyl (C=O) groups is 1. The summed E-state index contributed by atoms with van der Waals surface area (Å²) in [4.78, 5) is 27.8. The van der Waals surface area contributed by atoms with Crippen LogP contribution in [0.4, 0.5) is 5.69 Å². The number of H-pyrrole nitrogens is 1. The summed E-state index contributed by atoms with van der Waals surface area (Å²) in [5.74, 6) is 0.254. The molecule has 2 unspecified atom stereocenters. The van der Waals surface area contributed by atoms with Gasteiger partial charge in [-0.2, -0.15) is 0 Å². The Balaban J connectivity index is 1.16. The van der Waals surface area contributed by atoms with E-state index < -0.39 is 8.32 Å². The molecule has 10 nitrogen and oxygen atoms in total. The van der Waals surface area contributed by atoms with Crippen molar-refractivity contribution in [1.82, 2.24) is 20.0 Å². The number of nitrogens with zero attached hydrogens (tertiary/aromatic N) is 3. The van der Waals surface area contributed by atoms with Gasteiger partial charge in [-0.25, -0.2) is 0 Å². The lowest BCUT2D eigenvalue weighted by Gasteiger charge is -2.43. The maximum Gasteiger partial charge on any atom is 0.228 e. The average molecular weight is 654 g/mol. The summed E-state index contributed by atoms with van der Waals surface area (Å²) >= 11 is 0. The number of aryl methyl sites for hydroxylation is 1. The minimum absolute atomic E-state index is 0.0668. The van der Waals surface area contributed by atoms with E-state index >= 15 is 0 Å². The zero-order chi connectivity index (χ0) is 33.1.